The number of carbonyl (C=O) groups excluding carboxylic acids is 1. The van der Waals surface area contributed by atoms with E-state index in [0.717, 1.165) is 24.2 Å². The Bertz CT molecular complexity index is 929. The maximum atomic E-state index is 13.4. The topological polar surface area (TPSA) is 62.2 Å². The molecule has 0 radical (unpaired) electrons. The van der Waals surface area contributed by atoms with Gasteiger partial charge in [-0.25, -0.2) is 0 Å². The average molecular weight is 471 g/mol. The van der Waals surface area contributed by atoms with Gasteiger partial charge in [-0.05, 0) is 48.4 Å². The van der Waals surface area contributed by atoms with Gasteiger partial charge >= 0.3 is 0 Å². The van der Waals surface area contributed by atoms with Gasteiger partial charge in [0.05, 0.1) is 25.8 Å². The Morgan fingerprint density at radius 2 is 2.15 bits per heavy atom. The third-order valence-corrected chi connectivity index (χ3v) is 6.78. The SMILES string of the molecule is C=CCC[C@H](O)CN(CC=C)CC(=O)N1CCc2sccc2[C@@H]1COc1cccc(OC)c1. The van der Waals surface area contributed by atoms with E-state index in [2.05, 4.69) is 24.6 Å². The van der Waals surface area contributed by atoms with Gasteiger partial charge in [-0.3, -0.25) is 9.69 Å². The molecule has 178 valence electrons. The summed E-state index contributed by atoms with van der Waals surface area (Å²) in [7, 11) is 1.63. The fraction of sp³-hybridized carbons (Fsp3) is 0.423. The minimum Gasteiger partial charge on any atom is -0.497 e. The highest BCUT2D eigenvalue weighted by Gasteiger charge is 2.33. The number of methoxy groups -OCH3 is 1. The van der Waals surface area contributed by atoms with Crippen molar-refractivity contribution in [1.29, 1.82) is 0 Å². The molecule has 3 rings (SSSR count). The molecular formula is C26H34N2O4S. The predicted molar refractivity (Wildman–Crippen MR) is 133 cm³/mol. The number of carbonyl (C=O) groups is 1. The van der Waals surface area contributed by atoms with Gasteiger partial charge in [0, 0.05) is 30.6 Å². The molecule has 1 aliphatic rings. The van der Waals surface area contributed by atoms with Crippen LogP contribution in [0.4, 0.5) is 0 Å². The quantitative estimate of drug-likeness (QED) is 0.447. The Labute approximate surface area is 200 Å². The molecule has 33 heavy (non-hydrogen) atoms. The van der Waals surface area contributed by atoms with Crippen LogP contribution in [0.5, 0.6) is 11.5 Å². The number of allylic oxidation sites excluding steroid dienone is 1. The number of hydrogen-bond acceptors (Lipinski definition) is 6. The number of thiophene rings is 1. The molecular weight excluding hydrogens is 436 g/mol. The standard InChI is InChI=1S/C26H34N2O4S/c1-4-6-8-20(29)17-27(13-5-2)18-26(30)28-14-11-25-23(12-15-33-25)24(28)19-32-22-10-7-9-21(16-22)31-3/h4-5,7,9-10,12,15-16,20,24,29H,1-2,6,8,11,13-14,17-19H2,3H3/t20-,24-/m0/s1. The van der Waals surface area contributed by atoms with E-state index in [1.165, 1.54) is 4.88 Å². The van der Waals surface area contributed by atoms with Crippen LogP contribution in [-0.4, -0.2) is 66.8 Å². The number of nitrogens with zero attached hydrogens (tertiary/aromatic N) is 2. The number of rotatable bonds is 13. The maximum absolute atomic E-state index is 13.4. The van der Waals surface area contributed by atoms with Gasteiger partial charge in [0.25, 0.3) is 0 Å². The highest BCUT2D eigenvalue weighted by molar-refractivity contribution is 7.10. The second-order valence-electron chi connectivity index (χ2n) is 8.14. The van der Waals surface area contributed by atoms with Gasteiger partial charge in [-0.1, -0.05) is 18.2 Å². The Morgan fingerprint density at radius 1 is 1.33 bits per heavy atom. The summed E-state index contributed by atoms with van der Waals surface area (Å²) in [6.07, 6.45) is 5.28. The van der Waals surface area contributed by atoms with Gasteiger partial charge in [0.2, 0.25) is 5.91 Å². The van der Waals surface area contributed by atoms with Crippen molar-refractivity contribution in [1.82, 2.24) is 9.80 Å². The normalized spacial score (nSPS) is 16.2. The van der Waals surface area contributed by atoms with Gasteiger partial charge in [0.15, 0.2) is 0 Å². The molecule has 0 bridgehead atoms. The number of amides is 1. The summed E-state index contributed by atoms with van der Waals surface area (Å²) in [6, 6.07) is 9.44. The second kappa shape index (κ2) is 12.6. The second-order valence-corrected chi connectivity index (χ2v) is 9.15. The summed E-state index contributed by atoms with van der Waals surface area (Å²) < 4.78 is 11.4. The number of aliphatic hydroxyl groups excluding tert-OH is 1. The molecule has 2 atom stereocenters. The Kier molecular flexibility index (Phi) is 9.54. The van der Waals surface area contributed by atoms with Crippen molar-refractivity contribution in [2.24, 2.45) is 0 Å². The van der Waals surface area contributed by atoms with E-state index in [4.69, 9.17) is 9.47 Å². The van der Waals surface area contributed by atoms with E-state index < -0.39 is 6.10 Å². The van der Waals surface area contributed by atoms with Crippen LogP contribution in [0.15, 0.2) is 61.0 Å². The predicted octanol–water partition coefficient (Wildman–Crippen LogP) is 4.08. The summed E-state index contributed by atoms with van der Waals surface area (Å²) in [5, 5.41) is 12.4. The van der Waals surface area contributed by atoms with Crippen LogP contribution < -0.4 is 9.47 Å². The smallest absolute Gasteiger partial charge is 0.237 e. The molecule has 0 fully saturated rings. The first-order valence-electron chi connectivity index (χ1n) is 11.3. The lowest BCUT2D eigenvalue weighted by Gasteiger charge is -2.37. The van der Waals surface area contributed by atoms with Crippen molar-refractivity contribution in [2.45, 2.75) is 31.4 Å². The lowest BCUT2D eigenvalue weighted by molar-refractivity contribution is -0.136. The zero-order valence-corrected chi connectivity index (χ0v) is 20.1. The Hall–Kier alpha value is -2.61. The Morgan fingerprint density at radius 3 is 2.91 bits per heavy atom. The van der Waals surface area contributed by atoms with Gasteiger partial charge < -0.3 is 19.5 Å². The van der Waals surface area contributed by atoms with Crippen molar-refractivity contribution >= 4 is 17.2 Å². The van der Waals surface area contributed by atoms with E-state index in [0.29, 0.717) is 38.4 Å². The van der Waals surface area contributed by atoms with Crippen LogP contribution in [0.25, 0.3) is 0 Å². The molecule has 1 amide bonds. The number of ether oxygens (including phenoxy) is 2. The monoisotopic (exact) mass is 470 g/mol. The number of benzene rings is 1. The van der Waals surface area contributed by atoms with Crippen molar-refractivity contribution in [3.63, 3.8) is 0 Å². The summed E-state index contributed by atoms with van der Waals surface area (Å²) >= 11 is 1.73. The van der Waals surface area contributed by atoms with E-state index in [1.807, 2.05) is 34.1 Å². The zero-order valence-electron chi connectivity index (χ0n) is 19.3. The van der Waals surface area contributed by atoms with Gasteiger partial charge in [0.1, 0.15) is 18.1 Å². The van der Waals surface area contributed by atoms with E-state index in [-0.39, 0.29) is 18.5 Å². The molecule has 1 aliphatic heterocycles. The highest BCUT2D eigenvalue weighted by Crippen LogP contribution is 2.34. The van der Waals surface area contributed by atoms with E-state index in [1.54, 1.807) is 30.6 Å². The molecule has 0 aliphatic carbocycles. The Balaban J connectivity index is 1.70. The molecule has 1 aromatic carbocycles. The third-order valence-electron chi connectivity index (χ3n) is 5.78. The van der Waals surface area contributed by atoms with Crippen molar-refractivity contribution in [3.05, 3.63) is 71.5 Å². The van der Waals surface area contributed by atoms with Gasteiger partial charge in [-0.15, -0.1) is 24.5 Å². The largest absolute Gasteiger partial charge is 0.497 e. The lowest BCUT2D eigenvalue weighted by atomic mass is 10.0. The number of aliphatic hydroxyl groups is 1. The first-order valence-corrected chi connectivity index (χ1v) is 12.2. The molecule has 0 spiro atoms. The van der Waals surface area contributed by atoms with Crippen LogP contribution in [0, 0.1) is 0 Å². The fourth-order valence-corrected chi connectivity index (χ4v) is 5.04. The fourth-order valence-electron chi connectivity index (χ4n) is 4.11. The minimum absolute atomic E-state index is 0.0314. The van der Waals surface area contributed by atoms with Crippen molar-refractivity contribution < 1.29 is 19.4 Å². The summed E-state index contributed by atoms with van der Waals surface area (Å²) in [5.74, 6) is 1.47. The molecule has 0 unspecified atom stereocenters. The van der Waals surface area contributed by atoms with Crippen LogP contribution in [0.3, 0.4) is 0 Å². The summed E-state index contributed by atoms with van der Waals surface area (Å²) in [5.41, 5.74) is 1.16. The van der Waals surface area contributed by atoms with Crippen LogP contribution in [0.2, 0.25) is 0 Å². The van der Waals surface area contributed by atoms with Crippen LogP contribution in [-0.2, 0) is 11.2 Å². The van der Waals surface area contributed by atoms with Crippen LogP contribution >= 0.6 is 11.3 Å². The highest BCUT2D eigenvalue weighted by atomic mass is 32.1. The van der Waals surface area contributed by atoms with Gasteiger partial charge in [-0.2, -0.15) is 0 Å². The molecule has 6 nitrogen and oxygen atoms in total. The summed E-state index contributed by atoms with van der Waals surface area (Å²) in [4.78, 5) is 18.6. The van der Waals surface area contributed by atoms with Crippen LogP contribution in [0.1, 0.15) is 29.3 Å². The number of hydrogen-bond donors (Lipinski definition) is 1. The lowest BCUT2D eigenvalue weighted by Crippen LogP contribution is -2.47. The maximum Gasteiger partial charge on any atom is 0.237 e. The van der Waals surface area contributed by atoms with E-state index in [9.17, 15) is 9.90 Å². The summed E-state index contributed by atoms with van der Waals surface area (Å²) in [6.45, 7) is 9.73. The van der Waals surface area contributed by atoms with Crippen molar-refractivity contribution in [3.8, 4) is 11.5 Å². The number of fused-ring (bicyclic) bond motifs is 1. The molecule has 2 aromatic rings. The molecule has 0 saturated heterocycles. The molecule has 1 aromatic heterocycles. The average Bonchev–Trinajstić information content (AvgIpc) is 3.30. The van der Waals surface area contributed by atoms with Crippen molar-refractivity contribution in [2.75, 3.05) is 39.9 Å². The van der Waals surface area contributed by atoms with E-state index >= 15 is 0 Å². The molecule has 2 heterocycles. The first-order chi connectivity index (χ1) is 16.0. The molecule has 1 N–H and O–H groups in total. The minimum atomic E-state index is -0.507. The third kappa shape index (κ3) is 6.93. The first kappa shape index (κ1) is 25.0. The molecule has 7 heteroatoms. The zero-order chi connectivity index (χ0) is 23.6. The molecule has 0 saturated carbocycles.